The van der Waals surface area contributed by atoms with Crippen molar-refractivity contribution < 1.29 is 0 Å². The van der Waals surface area contributed by atoms with E-state index in [0.29, 0.717) is 6.04 Å². The van der Waals surface area contributed by atoms with Gasteiger partial charge in [-0.2, -0.15) is 0 Å². The minimum atomic E-state index is 0.678. The first-order chi connectivity index (χ1) is 11.3. The Kier molecular flexibility index (Phi) is 5.84. The molecule has 1 saturated heterocycles. The maximum absolute atomic E-state index is 2.68. The highest BCUT2D eigenvalue weighted by Crippen LogP contribution is 2.19. The van der Waals surface area contributed by atoms with Crippen LogP contribution in [-0.2, 0) is 13.1 Å². The lowest BCUT2D eigenvalue weighted by atomic mass is 10.0. The molecule has 2 aromatic carbocycles. The topological polar surface area (TPSA) is 6.48 Å². The van der Waals surface area contributed by atoms with Crippen molar-refractivity contribution in [1.82, 2.24) is 9.80 Å². The molecule has 2 nitrogen and oxygen atoms in total. The fraction of sp³-hybridized carbons (Fsp3) is 0.429. The van der Waals surface area contributed by atoms with Gasteiger partial charge in [-0.3, -0.25) is 9.80 Å². The third kappa shape index (κ3) is 4.66. The first kappa shape index (κ1) is 16.2. The number of piperazine rings is 1. The van der Waals surface area contributed by atoms with Crippen LogP contribution in [0.15, 0.2) is 60.7 Å². The van der Waals surface area contributed by atoms with Crippen LogP contribution < -0.4 is 0 Å². The molecule has 0 aromatic heterocycles. The van der Waals surface area contributed by atoms with Crippen molar-refractivity contribution in [3.05, 3.63) is 71.8 Å². The normalized spacial score (nSPS) is 19.8. The SMILES string of the molecule is CCCC1CN(Cc2ccccc2)CCN1Cc1ccccc1. The average molecular weight is 308 g/mol. The molecule has 2 heteroatoms. The maximum atomic E-state index is 2.68. The molecule has 0 N–H and O–H groups in total. The molecular formula is C21H28N2. The van der Waals surface area contributed by atoms with Crippen LogP contribution in [0.2, 0.25) is 0 Å². The summed E-state index contributed by atoms with van der Waals surface area (Å²) >= 11 is 0. The summed E-state index contributed by atoms with van der Waals surface area (Å²) in [4.78, 5) is 5.30. The highest BCUT2D eigenvalue weighted by Gasteiger charge is 2.26. The summed E-state index contributed by atoms with van der Waals surface area (Å²) < 4.78 is 0. The summed E-state index contributed by atoms with van der Waals surface area (Å²) in [5.74, 6) is 0. The Morgan fingerprint density at radius 1 is 0.826 bits per heavy atom. The molecule has 0 aliphatic carbocycles. The lowest BCUT2D eigenvalue weighted by Crippen LogP contribution is -2.52. The largest absolute Gasteiger partial charge is 0.296 e. The van der Waals surface area contributed by atoms with Gasteiger partial charge in [-0.05, 0) is 17.5 Å². The van der Waals surface area contributed by atoms with Gasteiger partial charge < -0.3 is 0 Å². The summed E-state index contributed by atoms with van der Waals surface area (Å²) in [7, 11) is 0. The third-order valence-corrected chi connectivity index (χ3v) is 4.79. The van der Waals surface area contributed by atoms with Gasteiger partial charge in [0.2, 0.25) is 0 Å². The van der Waals surface area contributed by atoms with Crippen molar-refractivity contribution in [2.24, 2.45) is 0 Å². The fourth-order valence-electron chi connectivity index (χ4n) is 3.58. The van der Waals surface area contributed by atoms with Crippen molar-refractivity contribution in [2.75, 3.05) is 19.6 Å². The van der Waals surface area contributed by atoms with Gasteiger partial charge in [-0.15, -0.1) is 0 Å². The van der Waals surface area contributed by atoms with E-state index in [1.165, 1.54) is 43.6 Å². The highest BCUT2D eigenvalue weighted by molar-refractivity contribution is 5.16. The quantitative estimate of drug-likeness (QED) is 0.790. The zero-order valence-electron chi connectivity index (χ0n) is 14.2. The van der Waals surface area contributed by atoms with Crippen LogP contribution in [0, 0.1) is 0 Å². The summed E-state index contributed by atoms with van der Waals surface area (Å²) in [6.07, 6.45) is 2.55. The van der Waals surface area contributed by atoms with E-state index < -0.39 is 0 Å². The Labute approximate surface area is 140 Å². The maximum Gasteiger partial charge on any atom is 0.0237 e. The van der Waals surface area contributed by atoms with E-state index in [1.807, 2.05) is 0 Å². The Balaban J connectivity index is 1.61. The molecule has 0 amide bonds. The van der Waals surface area contributed by atoms with Gasteiger partial charge in [-0.1, -0.05) is 74.0 Å². The van der Waals surface area contributed by atoms with E-state index >= 15 is 0 Å². The zero-order chi connectivity index (χ0) is 15.9. The smallest absolute Gasteiger partial charge is 0.0237 e. The predicted molar refractivity (Wildman–Crippen MR) is 97.3 cm³/mol. The number of hydrogen-bond acceptors (Lipinski definition) is 2. The summed E-state index contributed by atoms with van der Waals surface area (Å²) in [5, 5.41) is 0. The van der Waals surface area contributed by atoms with Gasteiger partial charge in [0.25, 0.3) is 0 Å². The van der Waals surface area contributed by atoms with Crippen molar-refractivity contribution in [3.63, 3.8) is 0 Å². The second kappa shape index (κ2) is 8.28. The number of benzene rings is 2. The van der Waals surface area contributed by atoms with Crippen LogP contribution in [0.3, 0.4) is 0 Å². The number of hydrogen-bond donors (Lipinski definition) is 0. The zero-order valence-corrected chi connectivity index (χ0v) is 14.2. The van der Waals surface area contributed by atoms with Crippen molar-refractivity contribution >= 4 is 0 Å². The highest BCUT2D eigenvalue weighted by atomic mass is 15.3. The molecule has 2 aromatic rings. The molecule has 1 heterocycles. The van der Waals surface area contributed by atoms with Crippen LogP contribution in [0.1, 0.15) is 30.9 Å². The van der Waals surface area contributed by atoms with Crippen LogP contribution in [0.4, 0.5) is 0 Å². The lowest BCUT2D eigenvalue weighted by Gasteiger charge is -2.41. The van der Waals surface area contributed by atoms with Crippen molar-refractivity contribution in [3.8, 4) is 0 Å². The van der Waals surface area contributed by atoms with Crippen LogP contribution >= 0.6 is 0 Å². The van der Waals surface area contributed by atoms with Crippen molar-refractivity contribution in [1.29, 1.82) is 0 Å². The van der Waals surface area contributed by atoms with Crippen LogP contribution in [-0.4, -0.2) is 35.5 Å². The Bertz CT molecular complexity index is 567. The van der Waals surface area contributed by atoms with Gasteiger partial charge in [0.15, 0.2) is 0 Å². The number of nitrogens with zero attached hydrogens (tertiary/aromatic N) is 2. The molecule has 1 unspecified atom stereocenters. The molecule has 1 atom stereocenters. The third-order valence-electron chi connectivity index (χ3n) is 4.79. The van der Waals surface area contributed by atoms with E-state index in [4.69, 9.17) is 0 Å². The standard InChI is InChI=1S/C21H28N2/c1-2-9-21-18-22(16-19-10-5-3-6-11-19)14-15-23(21)17-20-12-7-4-8-13-20/h3-8,10-13,21H,2,9,14-18H2,1H3. The summed E-state index contributed by atoms with van der Waals surface area (Å²) in [6, 6.07) is 22.4. The second-order valence-electron chi connectivity index (χ2n) is 6.62. The molecule has 1 aliphatic heterocycles. The van der Waals surface area contributed by atoms with Crippen LogP contribution in [0.25, 0.3) is 0 Å². The monoisotopic (exact) mass is 308 g/mol. The van der Waals surface area contributed by atoms with E-state index in [-0.39, 0.29) is 0 Å². The summed E-state index contributed by atoms with van der Waals surface area (Å²) in [5.41, 5.74) is 2.87. The Morgan fingerprint density at radius 2 is 1.43 bits per heavy atom. The molecular weight excluding hydrogens is 280 g/mol. The molecule has 3 rings (SSSR count). The molecule has 1 fully saturated rings. The molecule has 0 spiro atoms. The minimum absolute atomic E-state index is 0.678. The molecule has 23 heavy (non-hydrogen) atoms. The van der Waals surface area contributed by atoms with Gasteiger partial charge in [0, 0.05) is 38.8 Å². The van der Waals surface area contributed by atoms with Crippen molar-refractivity contribution in [2.45, 2.75) is 38.9 Å². The van der Waals surface area contributed by atoms with Gasteiger partial charge in [-0.25, -0.2) is 0 Å². The predicted octanol–water partition coefficient (Wildman–Crippen LogP) is 4.17. The number of rotatable bonds is 6. The fourth-order valence-corrected chi connectivity index (χ4v) is 3.58. The van der Waals surface area contributed by atoms with Gasteiger partial charge in [0.1, 0.15) is 0 Å². The summed E-state index contributed by atoms with van der Waals surface area (Å²) in [6.45, 7) is 8.01. The van der Waals surface area contributed by atoms with E-state index in [9.17, 15) is 0 Å². The Morgan fingerprint density at radius 3 is 2.04 bits per heavy atom. The molecule has 0 bridgehead atoms. The second-order valence-corrected chi connectivity index (χ2v) is 6.62. The molecule has 1 aliphatic rings. The average Bonchev–Trinajstić information content (AvgIpc) is 2.59. The van der Waals surface area contributed by atoms with E-state index in [2.05, 4.69) is 77.4 Å². The Hall–Kier alpha value is -1.64. The van der Waals surface area contributed by atoms with Gasteiger partial charge in [0.05, 0.1) is 0 Å². The lowest BCUT2D eigenvalue weighted by molar-refractivity contribution is 0.0591. The molecule has 122 valence electrons. The first-order valence-electron chi connectivity index (χ1n) is 8.89. The minimum Gasteiger partial charge on any atom is -0.296 e. The molecule has 0 radical (unpaired) electrons. The van der Waals surface area contributed by atoms with Gasteiger partial charge >= 0.3 is 0 Å². The first-order valence-corrected chi connectivity index (χ1v) is 8.89. The molecule has 0 saturated carbocycles. The van der Waals surface area contributed by atoms with E-state index in [1.54, 1.807) is 0 Å². The van der Waals surface area contributed by atoms with Crippen LogP contribution in [0.5, 0.6) is 0 Å². The van der Waals surface area contributed by atoms with E-state index in [0.717, 1.165) is 13.1 Å².